The van der Waals surface area contributed by atoms with Gasteiger partial charge in [0.15, 0.2) is 0 Å². The first kappa shape index (κ1) is 15.6. The minimum absolute atomic E-state index is 0.103. The third-order valence-electron chi connectivity index (χ3n) is 5.48. The van der Waals surface area contributed by atoms with Gasteiger partial charge in [0.1, 0.15) is 0 Å². The maximum atomic E-state index is 12.7. The number of hydrogen-bond donors (Lipinski definition) is 2. The Labute approximate surface area is 142 Å². The lowest BCUT2D eigenvalue weighted by atomic mass is 9.95. The van der Waals surface area contributed by atoms with Gasteiger partial charge in [-0.25, -0.2) is 4.98 Å². The van der Waals surface area contributed by atoms with Crippen LogP contribution in [0.15, 0.2) is 24.3 Å². The molecule has 5 nitrogen and oxygen atoms in total. The van der Waals surface area contributed by atoms with Crippen LogP contribution in [-0.4, -0.2) is 28.5 Å². The molecule has 5 heteroatoms. The first-order valence-electron chi connectivity index (χ1n) is 9.31. The van der Waals surface area contributed by atoms with Crippen LogP contribution in [0.3, 0.4) is 0 Å². The number of para-hydroxylation sites is 2. The number of nitrogens with one attached hydrogen (secondary N) is 2. The average Bonchev–Trinajstić information content (AvgIpc) is 3.01. The van der Waals surface area contributed by atoms with Gasteiger partial charge in [0.25, 0.3) is 0 Å². The van der Waals surface area contributed by atoms with Gasteiger partial charge in [0, 0.05) is 12.0 Å². The summed E-state index contributed by atoms with van der Waals surface area (Å²) in [5, 5.41) is 6.47. The molecule has 0 spiro atoms. The quantitative estimate of drug-likeness (QED) is 0.908. The summed E-state index contributed by atoms with van der Waals surface area (Å²) in [5.74, 6) is 0.973. The molecular formula is C19H26N4O. The molecule has 0 unspecified atom stereocenters. The number of benzene rings is 1. The van der Waals surface area contributed by atoms with Crippen LogP contribution >= 0.6 is 0 Å². The van der Waals surface area contributed by atoms with Gasteiger partial charge < -0.3 is 9.88 Å². The van der Waals surface area contributed by atoms with E-state index in [-0.39, 0.29) is 11.8 Å². The van der Waals surface area contributed by atoms with Gasteiger partial charge in [-0.15, -0.1) is 0 Å². The van der Waals surface area contributed by atoms with Crippen LogP contribution in [0.1, 0.15) is 51.0 Å². The molecule has 2 aromatic rings. The maximum Gasteiger partial charge on any atom is 0.229 e. The Morgan fingerprint density at radius 1 is 1.08 bits per heavy atom. The summed E-state index contributed by atoms with van der Waals surface area (Å²) in [5.41, 5.74) is 2.12. The highest BCUT2D eigenvalue weighted by Crippen LogP contribution is 2.34. The van der Waals surface area contributed by atoms with E-state index in [1.165, 1.54) is 32.1 Å². The zero-order valence-corrected chi connectivity index (χ0v) is 14.1. The lowest BCUT2D eigenvalue weighted by Crippen LogP contribution is -2.35. The van der Waals surface area contributed by atoms with E-state index in [9.17, 15) is 4.79 Å². The first-order valence-corrected chi connectivity index (χ1v) is 9.31. The monoisotopic (exact) mass is 326 g/mol. The SMILES string of the molecule is O=C(Nc1nc2ccccc2n1C1CCCCC1)C1CCNCC1. The summed E-state index contributed by atoms with van der Waals surface area (Å²) in [6.07, 6.45) is 8.02. The standard InChI is InChI=1S/C19H26N4O/c24-18(14-10-12-20-13-11-14)22-19-21-16-8-4-5-9-17(16)23(19)15-6-2-1-3-7-15/h4-5,8-9,14-15,20H,1-3,6-7,10-13H2,(H,21,22,24). The molecule has 0 atom stereocenters. The summed E-state index contributed by atoms with van der Waals surface area (Å²) < 4.78 is 2.29. The van der Waals surface area contributed by atoms with Crippen LogP contribution in [0.4, 0.5) is 5.95 Å². The second kappa shape index (κ2) is 6.93. The predicted octanol–water partition coefficient (Wildman–Crippen LogP) is 3.48. The Bertz CT molecular complexity index is 711. The van der Waals surface area contributed by atoms with E-state index in [1.807, 2.05) is 12.1 Å². The smallest absolute Gasteiger partial charge is 0.229 e. The Morgan fingerprint density at radius 3 is 2.62 bits per heavy atom. The first-order chi connectivity index (χ1) is 11.8. The summed E-state index contributed by atoms with van der Waals surface area (Å²) in [6.45, 7) is 1.86. The summed E-state index contributed by atoms with van der Waals surface area (Å²) in [4.78, 5) is 17.4. The molecule has 1 saturated heterocycles. The number of anilines is 1. The largest absolute Gasteiger partial charge is 0.317 e. The number of aromatic nitrogens is 2. The van der Waals surface area contributed by atoms with Crippen molar-refractivity contribution in [2.24, 2.45) is 5.92 Å². The van der Waals surface area contributed by atoms with Crippen molar-refractivity contribution >= 4 is 22.9 Å². The zero-order chi connectivity index (χ0) is 16.4. The second-order valence-electron chi connectivity index (χ2n) is 7.10. The predicted molar refractivity (Wildman–Crippen MR) is 96.1 cm³/mol. The van der Waals surface area contributed by atoms with Gasteiger partial charge >= 0.3 is 0 Å². The third kappa shape index (κ3) is 3.05. The normalized spacial score (nSPS) is 20.3. The molecule has 1 aromatic heterocycles. The molecule has 24 heavy (non-hydrogen) atoms. The molecule has 0 bridgehead atoms. The van der Waals surface area contributed by atoms with E-state index < -0.39 is 0 Å². The van der Waals surface area contributed by atoms with Crippen LogP contribution in [0, 0.1) is 5.92 Å². The van der Waals surface area contributed by atoms with E-state index in [0.29, 0.717) is 6.04 Å². The van der Waals surface area contributed by atoms with E-state index in [2.05, 4.69) is 27.3 Å². The number of hydrogen-bond acceptors (Lipinski definition) is 3. The van der Waals surface area contributed by atoms with Gasteiger partial charge in [-0.3, -0.25) is 10.1 Å². The van der Waals surface area contributed by atoms with E-state index >= 15 is 0 Å². The summed E-state index contributed by atoms with van der Waals surface area (Å²) >= 11 is 0. The molecule has 2 aliphatic rings. The van der Waals surface area contributed by atoms with Gasteiger partial charge in [0.05, 0.1) is 11.0 Å². The highest BCUT2D eigenvalue weighted by molar-refractivity contribution is 5.93. The molecule has 1 aromatic carbocycles. The fraction of sp³-hybridized carbons (Fsp3) is 0.579. The number of carbonyl (C=O) groups excluding carboxylic acids is 1. The number of amides is 1. The minimum atomic E-state index is 0.103. The number of nitrogens with zero attached hydrogens (tertiary/aromatic N) is 2. The number of carbonyl (C=O) groups is 1. The maximum absolute atomic E-state index is 12.7. The van der Waals surface area contributed by atoms with Gasteiger partial charge in [-0.2, -0.15) is 0 Å². The number of fused-ring (bicyclic) bond motifs is 1. The molecule has 4 rings (SSSR count). The van der Waals surface area contributed by atoms with Crippen molar-refractivity contribution < 1.29 is 4.79 Å². The molecule has 128 valence electrons. The Balaban J connectivity index is 1.64. The topological polar surface area (TPSA) is 59.0 Å². The van der Waals surface area contributed by atoms with Gasteiger partial charge in [-0.05, 0) is 50.9 Å². The van der Waals surface area contributed by atoms with Crippen LogP contribution < -0.4 is 10.6 Å². The van der Waals surface area contributed by atoms with Crippen LogP contribution in [-0.2, 0) is 4.79 Å². The van der Waals surface area contributed by atoms with Crippen LogP contribution in [0.5, 0.6) is 0 Å². The van der Waals surface area contributed by atoms with E-state index in [4.69, 9.17) is 4.98 Å². The van der Waals surface area contributed by atoms with Crippen molar-refractivity contribution in [3.63, 3.8) is 0 Å². The van der Waals surface area contributed by atoms with E-state index in [0.717, 1.165) is 42.9 Å². The fourth-order valence-corrected chi connectivity index (χ4v) is 4.14. The molecule has 1 saturated carbocycles. The van der Waals surface area contributed by atoms with Crippen molar-refractivity contribution in [1.29, 1.82) is 0 Å². The van der Waals surface area contributed by atoms with E-state index in [1.54, 1.807) is 0 Å². The molecule has 1 amide bonds. The summed E-state index contributed by atoms with van der Waals surface area (Å²) in [6, 6.07) is 8.68. The van der Waals surface area contributed by atoms with Gasteiger partial charge in [-0.1, -0.05) is 31.4 Å². The van der Waals surface area contributed by atoms with Crippen molar-refractivity contribution in [3.05, 3.63) is 24.3 Å². The minimum Gasteiger partial charge on any atom is -0.317 e. The lowest BCUT2D eigenvalue weighted by molar-refractivity contribution is -0.120. The molecule has 2 fully saturated rings. The third-order valence-corrected chi connectivity index (χ3v) is 5.48. The lowest BCUT2D eigenvalue weighted by Gasteiger charge is -2.26. The molecule has 2 N–H and O–H groups in total. The molecule has 2 heterocycles. The van der Waals surface area contributed by atoms with Crippen molar-refractivity contribution in [2.75, 3.05) is 18.4 Å². The van der Waals surface area contributed by atoms with Crippen molar-refractivity contribution in [3.8, 4) is 0 Å². The Kier molecular flexibility index (Phi) is 4.52. The average molecular weight is 326 g/mol. The Hall–Kier alpha value is -1.88. The van der Waals surface area contributed by atoms with Crippen molar-refractivity contribution in [2.45, 2.75) is 51.0 Å². The van der Waals surface area contributed by atoms with Crippen LogP contribution in [0.25, 0.3) is 11.0 Å². The molecule has 1 aliphatic heterocycles. The Morgan fingerprint density at radius 2 is 1.83 bits per heavy atom. The summed E-state index contributed by atoms with van der Waals surface area (Å²) in [7, 11) is 0. The van der Waals surface area contributed by atoms with Gasteiger partial charge in [0.2, 0.25) is 11.9 Å². The fourth-order valence-electron chi connectivity index (χ4n) is 4.14. The number of piperidine rings is 1. The van der Waals surface area contributed by atoms with Crippen molar-refractivity contribution in [1.82, 2.24) is 14.9 Å². The van der Waals surface area contributed by atoms with Crippen LogP contribution in [0.2, 0.25) is 0 Å². The number of imidazole rings is 1. The molecule has 1 aliphatic carbocycles. The molecule has 0 radical (unpaired) electrons. The highest BCUT2D eigenvalue weighted by atomic mass is 16.2. The number of rotatable bonds is 3. The zero-order valence-electron chi connectivity index (χ0n) is 14.1. The molecular weight excluding hydrogens is 300 g/mol. The second-order valence-corrected chi connectivity index (χ2v) is 7.10. The highest BCUT2D eigenvalue weighted by Gasteiger charge is 2.25.